The van der Waals surface area contributed by atoms with E-state index in [9.17, 15) is 4.79 Å². The van der Waals surface area contributed by atoms with E-state index < -0.39 is 0 Å². The van der Waals surface area contributed by atoms with Crippen LogP contribution in [0, 0.1) is 13.8 Å². The molecular formula is C18H22N2O. The number of pyridine rings is 1. The van der Waals surface area contributed by atoms with E-state index in [1.807, 2.05) is 44.2 Å². The molecule has 0 aliphatic rings. The quantitative estimate of drug-likeness (QED) is 0.825. The second-order valence-electron chi connectivity index (χ2n) is 5.38. The highest BCUT2D eigenvalue weighted by atomic mass is 16.1. The second-order valence-corrected chi connectivity index (χ2v) is 5.38. The molecule has 0 atom stereocenters. The lowest BCUT2D eigenvalue weighted by atomic mass is 10.1. The molecule has 0 radical (unpaired) electrons. The number of aryl methyl sites for hydroxylation is 2. The first-order valence-corrected chi connectivity index (χ1v) is 7.13. The summed E-state index contributed by atoms with van der Waals surface area (Å²) < 4.78 is 0. The molecule has 0 amide bonds. The summed E-state index contributed by atoms with van der Waals surface area (Å²) in [6.07, 6.45) is 3.69. The third kappa shape index (κ3) is 3.31. The fourth-order valence-corrected chi connectivity index (χ4v) is 2.55. The predicted octanol–water partition coefficient (Wildman–Crippen LogP) is 3.32. The molecule has 110 valence electrons. The molecule has 3 heteroatoms. The van der Waals surface area contributed by atoms with Gasteiger partial charge in [-0.3, -0.25) is 9.69 Å². The molecule has 1 N–H and O–H groups in total. The Balaban J connectivity index is 2.50. The van der Waals surface area contributed by atoms with Crippen molar-refractivity contribution in [3.05, 3.63) is 70.6 Å². The zero-order chi connectivity index (χ0) is 15.4. The van der Waals surface area contributed by atoms with Gasteiger partial charge in [-0.2, -0.15) is 0 Å². The lowest BCUT2D eigenvalue weighted by Crippen LogP contribution is -2.27. The SMILES string of the molecule is C=CCN(CC=C)Cc1c(C)[nH]c2ccc(C)cc2c1=O. The monoisotopic (exact) mass is 282 g/mol. The number of H-pyrrole nitrogens is 1. The maximum atomic E-state index is 12.7. The van der Waals surface area contributed by atoms with Crippen molar-refractivity contribution >= 4 is 10.9 Å². The van der Waals surface area contributed by atoms with Gasteiger partial charge < -0.3 is 4.98 Å². The number of aromatic amines is 1. The predicted molar refractivity (Wildman–Crippen MR) is 89.7 cm³/mol. The third-order valence-electron chi connectivity index (χ3n) is 3.62. The number of fused-ring (bicyclic) bond motifs is 1. The van der Waals surface area contributed by atoms with Crippen LogP contribution in [0.25, 0.3) is 10.9 Å². The minimum atomic E-state index is 0.114. The van der Waals surface area contributed by atoms with Gasteiger partial charge in [-0.1, -0.05) is 23.8 Å². The summed E-state index contributed by atoms with van der Waals surface area (Å²) in [6.45, 7) is 13.6. The molecule has 0 unspecified atom stereocenters. The maximum Gasteiger partial charge on any atom is 0.194 e. The van der Waals surface area contributed by atoms with E-state index in [4.69, 9.17) is 0 Å². The van der Waals surface area contributed by atoms with Gasteiger partial charge in [0.2, 0.25) is 0 Å². The number of aromatic nitrogens is 1. The van der Waals surface area contributed by atoms with Crippen molar-refractivity contribution in [3.8, 4) is 0 Å². The van der Waals surface area contributed by atoms with E-state index in [1.165, 1.54) is 0 Å². The molecule has 0 saturated heterocycles. The second kappa shape index (κ2) is 6.55. The molecule has 0 fully saturated rings. The van der Waals surface area contributed by atoms with E-state index in [0.717, 1.165) is 40.8 Å². The summed E-state index contributed by atoms with van der Waals surface area (Å²) in [6, 6.07) is 5.93. The molecule has 0 saturated carbocycles. The Kier molecular flexibility index (Phi) is 4.76. The molecule has 0 spiro atoms. The Morgan fingerprint density at radius 3 is 2.48 bits per heavy atom. The van der Waals surface area contributed by atoms with Crippen LogP contribution >= 0.6 is 0 Å². The Morgan fingerprint density at radius 2 is 1.86 bits per heavy atom. The molecule has 21 heavy (non-hydrogen) atoms. The Labute approximate surface area is 125 Å². The van der Waals surface area contributed by atoms with Gasteiger partial charge in [-0.05, 0) is 26.0 Å². The van der Waals surface area contributed by atoms with Crippen molar-refractivity contribution in [2.75, 3.05) is 13.1 Å². The number of rotatable bonds is 6. The van der Waals surface area contributed by atoms with Crippen LogP contribution in [0.2, 0.25) is 0 Å². The molecule has 3 nitrogen and oxygen atoms in total. The molecule has 1 heterocycles. The summed E-state index contributed by atoms with van der Waals surface area (Å²) in [7, 11) is 0. The highest BCUT2D eigenvalue weighted by molar-refractivity contribution is 5.80. The summed E-state index contributed by atoms with van der Waals surface area (Å²) in [4.78, 5) is 18.2. The van der Waals surface area contributed by atoms with Gasteiger partial charge in [0, 0.05) is 41.8 Å². The van der Waals surface area contributed by atoms with Gasteiger partial charge in [0.05, 0.1) is 0 Å². The minimum Gasteiger partial charge on any atom is -0.358 e. The highest BCUT2D eigenvalue weighted by Crippen LogP contribution is 2.14. The zero-order valence-electron chi connectivity index (χ0n) is 12.8. The number of hydrogen-bond donors (Lipinski definition) is 1. The number of benzene rings is 1. The zero-order valence-corrected chi connectivity index (χ0v) is 12.8. The molecule has 1 aromatic carbocycles. The first kappa shape index (κ1) is 15.3. The van der Waals surface area contributed by atoms with Crippen LogP contribution in [-0.4, -0.2) is 23.0 Å². The summed E-state index contributed by atoms with van der Waals surface area (Å²) in [5.41, 5.74) is 3.84. The largest absolute Gasteiger partial charge is 0.358 e. The first-order valence-electron chi connectivity index (χ1n) is 7.13. The fourth-order valence-electron chi connectivity index (χ4n) is 2.55. The van der Waals surface area contributed by atoms with Crippen molar-refractivity contribution in [1.29, 1.82) is 0 Å². The van der Waals surface area contributed by atoms with Crippen LogP contribution in [0.4, 0.5) is 0 Å². The summed E-state index contributed by atoms with van der Waals surface area (Å²) in [5.74, 6) is 0. The lowest BCUT2D eigenvalue weighted by Gasteiger charge is -2.19. The molecule has 1 aromatic heterocycles. The Bertz CT molecular complexity index is 718. The molecule has 2 aromatic rings. The van der Waals surface area contributed by atoms with E-state index in [2.05, 4.69) is 23.0 Å². The van der Waals surface area contributed by atoms with Gasteiger partial charge in [0.25, 0.3) is 0 Å². The van der Waals surface area contributed by atoms with E-state index >= 15 is 0 Å². The van der Waals surface area contributed by atoms with Crippen molar-refractivity contribution in [3.63, 3.8) is 0 Å². The normalized spacial score (nSPS) is 11.0. The van der Waals surface area contributed by atoms with Crippen LogP contribution in [0.5, 0.6) is 0 Å². The van der Waals surface area contributed by atoms with Gasteiger partial charge in [0.1, 0.15) is 0 Å². The molecule has 0 aliphatic heterocycles. The molecule has 0 aliphatic carbocycles. The number of nitrogens with one attached hydrogen (secondary N) is 1. The van der Waals surface area contributed by atoms with Gasteiger partial charge >= 0.3 is 0 Å². The van der Waals surface area contributed by atoms with Crippen molar-refractivity contribution in [2.24, 2.45) is 0 Å². The van der Waals surface area contributed by atoms with E-state index in [-0.39, 0.29) is 5.43 Å². The third-order valence-corrected chi connectivity index (χ3v) is 3.62. The van der Waals surface area contributed by atoms with Crippen LogP contribution < -0.4 is 5.43 Å². The average Bonchev–Trinajstić information content (AvgIpc) is 2.45. The Hall–Kier alpha value is -2.13. The topological polar surface area (TPSA) is 36.1 Å². The van der Waals surface area contributed by atoms with E-state index in [0.29, 0.717) is 6.54 Å². The fraction of sp³-hybridized carbons (Fsp3) is 0.278. The van der Waals surface area contributed by atoms with Crippen molar-refractivity contribution in [1.82, 2.24) is 9.88 Å². The average molecular weight is 282 g/mol. The van der Waals surface area contributed by atoms with Gasteiger partial charge in [0.15, 0.2) is 5.43 Å². The minimum absolute atomic E-state index is 0.114. The van der Waals surface area contributed by atoms with Crippen molar-refractivity contribution in [2.45, 2.75) is 20.4 Å². The van der Waals surface area contributed by atoms with Crippen molar-refractivity contribution < 1.29 is 0 Å². The number of nitrogens with zero attached hydrogens (tertiary/aromatic N) is 1. The smallest absolute Gasteiger partial charge is 0.194 e. The molecule has 2 rings (SSSR count). The lowest BCUT2D eigenvalue weighted by molar-refractivity contribution is 0.326. The maximum absolute atomic E-state index is 12.7. The Morgan fingerprint density at radius 1 is 1.19 bits per heavy atom. The number of hydrogen-bond acceptors (Lipinski definition) is 2. The highest BCUT2D eigenvalue weighted by Gasteiger charge is 2.12. The van der Waals surface area contributed by atoms with Crippen LogP contribution in [0.3, 0.4) is 0 Å². The summed E-state index contributed by atoms with van der Waals surface area (Å²) >= 11 is 0. The van der Waals surface area contributed by atoms with Gasteiger partial charge in [-0.15, -0.1) is 13.2 Å². The van der Waals surface area contributed by atoms with Gasteiger partial charge in [-0.25, -0.2) is 0 Å². The van der Waals surface area contributed by atoms with Crippen LogP contribution in [0.15, 0.2) is 48.3 Å². The van der Waals surface area contributed by atoms with Crippen LogP contribution in [0.1, 0.15) is 16.8 Å². The first-order chi connectivity index (χ1) is 10.1. The van der Waals surface area contributed by atoms with E-state index in [1.54, 1.807) is 0 Å². The summed E-state index contributed by atoms with van der Waals surface area (Å²) in [5, 5.41) is 0.757. The molecule has 0 bridgehead atoms. The van der Waals surface area contributed by atoms with Crippen LogP contribution in [-0.2, 0) is 6.54 Å². The molecular weight excluding hydrogens is 260 g/mol. The standard InChI is InChI=1S/C18H22N2O/c1-5-9-20(10-6-2)12-16-14(4)19-17-8-7-13(3)11-15(17)18(16)21/h5-8,11H,1-2,9-10,12H2,3-4H3,(H,19,21).